The lowest BCUT2D eigenvalue weighted by atomic mass is 10.1. The van der Waals surface area contributed by atoms with Gasteiger partial charge in [-0.3, -0.25) is 4.79 Å². The van der Waals surface area contributed by atoms with E-state index in [1.165, 1.54) is 0 Å². The van der Waals surface area contributed by atoms with Crippen molar-refractivity contribution in [2.45, 2.75) is 18.9 Å². The number of carbonyl (C=O) groups excluding carboxylic acids is 1. The molecule has 0 aromatic heterocycles. The zero-order chi connectivity index (χ0) is 18.1. The van der Waals surface area contributed by atoms with Crippen LogP contribution in [0, 0.1) is 0 Å². The summed E-state index contributed by atoms with van der Waals surface area (Å²) >= 11 is 0. The monoisotopic (exact) mass is 343 g/mol. The molecule has 0 aliphatic carbocycles. The molecule has 25 heavy (non-hydrogen) atoms. The minimum Gasteiger partial charge on any atom is -0.497 e. The fourth-order valence-corrected chi connectivity index (χ4v) is 2.25. The molecule has 0 saturated carbocycles. The normalized spacial score (nSPS) is 11.4. The third-order valence-corrected chi connectivity index (χ3v) is 3.57. The molecule has 0 bridgehead atoms. The summed E-state index contributed by atoms with van der Waals surface area (Å²) in [7, 11) is 1.58. The van der Waals surface area contributed by atoms with Crippen molar-refractivity contribution in [3.05, 3.63) is 60.2 Å². The Labute approximate surface area is 146 Å². The summed E-state index contributed by atoms with van der Waals surface area (Å²) in [5.74, 6) is -0.0897. The van der Waals surface area contributed by atoms with Gasteiger partial charge in [-0.05, 0) is 29.8 Å². The summed E-state index contributed by atoms with van der Waals surface area (Å²) in [6, 6.07) is 15.2. The number of ether oxygens (including phenoxy) is 2. The van der Waals surface area contributed by atoms with Gasteiger partial charge in [-0.15, -0.1) is 0 Å². The van der Waals surface area contributed by atoms with E-state index in [0.717, 1.165) is 11.3 Å². The van der Waals surface area contributed by atoms with E-state index in [4.69, 9.17) is 9.47 Å². The highest BCUT2D eigenvalue weighted by Gasteiger charge is 2.20. The van der Waals surface area contributed by atoms with Crippen molar-refractivity contribution in [2.75, 3.05) is 13.7 Å². The number of rotatable bonds is 9. The number of aliphatic carboxylic acids is 1. The molecule has 2 rings (SSSR count). The molecule has 0 aliphatic rings. The van der Waals surface area contributed by atoms with Gasteiger partial charge in [0.05, 0.1) is 20.1 Å². The van der Waals surface area contributed by atoms with Crippen LogP contribution in [0.5, 0.6) is 11.5 Å². The van der Waals surface area contributed by atoms with Crippen molar-refractivity contribution >= 4 is 11.9 Å². The summed E-state index contributed by atoms with van der Waals surface area (Å²) in [6.07, 6.45) is 0.311. The molecule has 0 unspecified atom stereocenters. The van der Waals surface area contributed by atoms with E-state index < -0.39 is 12.0 Å². The van der Waals surface area contributed by atoms with Gasteiger partial charge in [-0.2, -0.15) is 0 Å². The molecule has 0 spiro atoms. The lowest BCUT2D eigenvalue weighted by Crippen LogP contribution is -2.42. The number of benzene rings is 2. The van der Waals surface area contributed by atoms with E-state index in [0.29, 0.717) is 5.75 Å². The quantitative estimate of drug-likeness (QED) is 0.730. The zero-order valence-corrected chi connectivity index (χ0v) is 14.0. The summed E-state index contributed by atoms with van der Waals surface area (Å²) < 4.78 is 10.5. The second kappa shape index (κ2) is 9.32. The molecule has 2 aromatic carbocycles. The SMILES string of the molecule is COc1ccc(OCCC(=O)N[C@H](Cc2ccccc2)C(=O)O)cc1. The van der Waals surface area contributed by atoms with Crippen LogP contribution in [0.4, 0.5) is 0 Å². The minimum atomic E-state index is -1.06. The van der Waals surface area contributed by atoms with Crippen molar-refractivity contribution in [3.63, 3.8) is 0 Å². The Hall–Kier alpha value is -3.02. The van der Waals surface area contributed by atoms with Crippen molar-refractivity contribution in [2.24, 2.45) is 0 Å². The van der Waals surface area contributed by atoms with Gasteiger partial charge in [-0.25, -0.2) is 4.79 Å². The minimum absolute atomic E-state index is 0.0740. The molecule has 6 nitrogen and oxygen atoms in total. The number of amides is 1. The van der Waals surface area contributed by atoms with Crippen LogP contribution in [0.15, 0.2) is 54.6 Å². The molecular weight excluding hydrogens is 322 g/mol. The third-order valence-electron chi connectivity index (χ3n) is 3.57. The Morgan fingerprint density at radius 1 is 1.04 bits per heavy atom. The number of hydrogen-bond acceptors (Lipinski definition) is 4. The van der Waals surface area contributed by atoms with E-state index in [2.05, 4.69) is 5.32 Å². The van der Waals surface area contributed by atoms with Crippen molar-refractivity contribution in [3.8, 4) is 11.5 Å². The standard InChI is InChI=1S/C19H21NO5/c1-24-15-7-9-16(10-8-15)25-12-11-18(21)20-17(19(22)23)13-14-5-3-2-4-6-14/h2-10,17H,11-13H2,1H3,(H,20,21)(H,22,23)/t17-/m1/s1. The van der Waals surface area contributed by atoms with Gasteiger partial charge in [0.25, 0.3) is 0 Å². The van der Waals surface area contributed by atoms with Gasteiger partial charge in [-0.1, -0.05) is 30.3 Å². The van der Waals surface area contributed by atoms with Crippen LogP contribution < -0.4 is 14.8 Å². The van der Waals surface area contributed by atoms with Crippen LogP contribution in [0.3, 0.4) is 0 Å². The number of hydrogen-bond donors (Lipinski definition) is 2. The number of carbonyl (C=O) groups is 2. The highest BCUT2D eigenvalue weighted by Crippen LogP contribution is 2.17. The van der Waals surface area contributed by atoms with Crippen LogP contribution in [-0.4, -0.2) is 36.7 Å². The number of methoxy groups -OCH3 is 1. The van der Waals surface area contributed by atoms with Crippen LogP contribution in [-0.2, 0) is 16.0 Å². The Balaban J connectivity index is 1.79. The van der Waals surface area contributed by atoms with Crippen LogP contribution in [0.25, 0.3) is 0 Å². The fraction of sp³-hybridized carbons (Fsp3) is 0.263. The van der Waals surface area contributed by atoms with Crippen LogP contribution in [0.1, 0.15) is 12.0 Å². The summed E-state index contributed by atoms with van der Waals surface area (Å²) in [5.41, 5.74) is 0.852. The average Bonchev–Trinajstić information content (AvgIpc) is 2.62. The van der Waals surface area contributed by atoms with Gasteiger partial charge < -0.3 is 19.9 Å². The third kappa shape index (κ3) is 6.18. The molecule has 132 valence electrons. The predicted octanol–water partition coefficient (Wildman–Crippen LogP) is 2.28. The summed E-state index contributed by atoms with van der Waals surface area (Å²) in [6.45, 7) is 0.163. The summed E-state index contributed by atoms with van der Waals surface area (Å²) in [4.78, 5) is 23.3. The first-order valence-electron chi connectivity index (χ1n) is 7.91. The average molecular weight is 343 g/mol. The van der Waals surface area contributed by atoms with E-state index in [9.17, 15) is 14.7 Å². The van der Waals surface area contributed by atoms with E-state index in [1.54, 1.807) is 31.4 Å². The Kier molecular flexibility index (Phi) is 6.83. The molecule has 0 aliphatic heterocycles. The second-order valence-electron chi connectivity index (χ2n) is 5.42. The van der Waals surface area contributed by atoms with Crippen LogP contribution in [0.2, 0.25) is 0 Å². The molecule has 0 radical (unpaired) electrons. The number of carboxylic acids is 1. The van der Waals surface area contributed by atoms with Gasteiger partial charge in [0.15, 0.2) is 0 Å². The van der Waals surface area contributed by atoms with E-state index >= 15 is 0 Å². The zero-order valence-electron chi connectivity index (χ0n) is 14.0. The van der Waals surface area contributed by atoms with Crippen molar-refractivity contribution in [1.82, 2.24) is 5.32 Å². The molecule has 2 aromatic rings. The maximum Gasteiger partial charge on any atom is 0.326 e. The van der Waals surface area contributed by atoms with Crippen LogP contribution >= 0.6 is 0 Å². The number of carboxylic acid groups (broad SMARTS) is 1. The Morgan fingerprint density at radius 3 is 2.28 bits per heavy atom. The molecule has 1 amide bonds. The highest BCUT2D eigenvalue weighted by atomic mass is 16.5. The van der Waals surface area contributed by atoms with Crippen molar-refractivity contribution in [1.29, 1.82) is 0 Å². The Morgan fingerprint density at radius 2 is 1.68 bits per heavy atom. The first-order valence-corrected chi connectivity index (χ1v) is 7.91. The second-order valence-corrected chi connectivity index (χ2v) is 5.42. The number of nitrogens with one attached hydrogen (secondary N) is 1. The van der Waals surface area contributed by atoms with Gasteiger partial charge >= 0.3 is 5.97 Å². The predicted molar refractivity (Wildman–Crippen MR) is 92.8 cm³/mol. The molecular formula is C19H21NO5. The Bertz CT molecular complexity index is 685. The molecule has 2 N–H and O–H groups in total. The maximum atomic E-state index is 12.0. The highest BCUT2D eigenvalue weighted by molar-refractivity contribution is 5.83. The smallest absolute Gasteiger partial charge is 0.326 e. The van der Waals surface area contributed by atoms with Gasteiger partial charge in [0, 0.05) is 6.42 Å². The van der Waals surface area contributed by atoms with E-state index in [1.807, 2.05) is 30.3 Å². The lowest BCUT2D eigenvalue weighted by Gasteiger charge is -2.15. The molecule has 0 fully saturated rings. The topological polar surface area (TPSA) is 84.9 Å². The summed E-state index contributed by atoms with van der Waals surface area (Å²) in [5, 5.41) is 11.8. The molecule has 1 atom stereocenters. The first-order chi connectivity index (χ1) is 12.1. The molecule has 6 heteroatoms. The van der Waals surface area contributed by atoms with Gasteiger partial charge in [0.1, 0.15) is 17.5 Å². The molecule has 0 saturated heterocycles. The van der Waals surface area contributed by atoms with E-state index in [-0.39, 0.29) is 25.4 Å². The maximum absolute atomic E-state index is 12.0. The van der Waals surface area contributed by atoms with Crippen molar-refractivity contribution < 1.29 is 24.2 Å². The molecule has 0 heterocycles. The lowest BCUT2D eigenvalue weighted by molar-refractivity contribution is -0.141. The van der Waals surface area contributed by atoms with Gasteiger partial charge in [0.2, 0.25) is 5.91 Å². The largest absolute Gasteiger partial charge is 0.497 e. The first kappa shape index (κ1) is 18.3. The fourth-order valence-electron chi connectivity index (χ4n) is 2.25.